The molecular formula is C20H24ClN3O2. The highest BCUT2D eigenvalue weighted by atomic mass is 35.5. The Morgan fingerprint density at radius 3 is 2.50 bits per heavy atom. The van der Waals surface area contributed by atoms with Crippen LogP contribution in [0, 0.1) is 13.8 Å². The molecule has 2 aromatic carbocycles. The molecule has 0 spiro atoms. The number of carbonyl (C=O) groups is 1. The van der Waals surface area contributed by atoms with Gasteiger partial charge in [0.2, 0.25) is 0 Å². The monoisotopic (exact) mass is 373 g/mol. The van der Waals surface area contributed by atoms with Crippen LogP contribution in [0.5, 0.6) is 5.75 Å². The molecule has 1 N–H and O–H groups in total. The number of nitrogens with one attached hydrogen (secondary N) is 1. The van der Waals surface area contributed by atoms with Gasteiger partial charge in [0.05, 0.1) is 12.8 Å². The van der Waals surface area contributed by atoms with Gasteiger partial charge in [-0.1, -0.05) is 23.7 Å². The molecule has 26 heavy (non-hydrogen) atoms. The second kappa shape index (κ2) is 7.87. The normalized spacial score (nSPS) is 14.3. The number of carbonyl (C=O) groups excluding carboxylic acids is 1. The molecule has 5 nitrogen and oxygen atoms in total. The number of anilines is 2. The number of hydrogen-bond donors (Lipinski definition) is 1. The number of rotatable bonds is 3. The van der Waals surface area contributed by atoms with Gasteiger partial charge in [-0.3, -0.25) is 0 Å². The Morgan fingerprint density at radius 2 is 1.85 bits per heavy atom. The lowest BCUT2D eigenvalue weighted by atomic mass is 10.1. The smallest absolute Gasteiger partial charge is 0.321 e. The maximum absolute atomic E-state index is 12.5. The average Bonchev–Trinajstić information content (AvgIpc) is 2.63. The van der Waals surface area contributed by atoms with Crippen LogP contribution in [0.4, 0.5) is 16.2 Å². The topological polar surface area (TPSA) is 44.8 Å². The molecule has 1 heterocycles. The summed E-state index contributed by atoms with van der Waals surface area (Å²) in [6.07, 6.45) is 0. The second-order valence-electron chi connectivity index (χ2n) is 6.55. The van der Waals surface area contributed by atoms with Crippen LogP contribution in [0.25, 0.3) is 0 Å². The third kappa shape index (κ3) is 4.05. The lowest BCUT2D eigenvalue weighted by molar-refractivity contribution is 0.208. The van der Waals surface area contributed by atoms with Crippen LogP contribution in [0.1, 0.15) is 11.1 Å². The van der Waals surface area contributed by atoms with Crippen molar-refractivity contribution < 1.29 is 9.53 Å². The lowest BCUT2D eigenvalue weighted by Gasteiger charge is -2.36. The van der Waals surface area contributed by atoms with Gasteiger partial charge >= 0.3 is 6.03 Å². The fraction of sp³-hybridized carbons (Fsp3) is 0.350. The fourth-order valence-electron chi connectivity index (χ4n) is 3.13. The summed E-state index contributed by atoms with van der Waals surface area (Å²) in [5.41, 5.74) is 3.99. The molecule has 2 aromatic rings. The minimum Gasteiger partial charge on any atom is -0.495 e. The van der Waals surface area contributed by atoms with Crippen molar-refractivity contribution in [2.24, 2.45) is 0 Å². The van der Waals surface area contributed by atoms with Gasteiger partial charge in [-0.2, -0.15) is 0 Å². The zero-order valence-corrected chi connectivity index (χ0v) is 16.1. The number of nitrogens with zero attached hydrogens (tertiary/aromatic N) is 2. The zero-order valence-electron chi connectivity index (χ0n) is 15.4. The van der Waals surface area contributed by atoms with Gasteiger partial charge in [-0.15, -0.1) is 0 Å². The van der Waals surface area contributed by atoms with E-state index in [1.807, 2.05) is 55.1 Å². The minimum atomic E-state index is -0.0606. The highest BCUT2D eigenvalue weighted by Gasteiger charge is 2.23. The Kier molecular flexibility index (Phi) is 5.57. The molecule has 0 atom stereocenters. The summed E-state index contributed by atoms with van der Waals surface area (Å²) in [7, 11) is 1.65. The number of halogens is 1. The molecule has 0 radical (unpaired) electrons. The molecule has 2 amide bonds. The lowest BCUT2D eigenvalue weighted by Crippen LogP contribution is -2.50. The van der Waals surface area contributed by atoms with E-state index >= 15 is 0 Å². The molecule has 0 bridgehead atoms. The number of urea groups is 1. The zero-order chi connectivity index (χ0) is 18.7. The number of methoxy groups -OCH3 is 1. The summed E-state index contributed by atoms with van der Waals surface area (Å²) in [6.45, 7) is 6.80. The summed E-state index contributed by atoms with van der Waals surface area (Å²) in [5.74, 6) is 0.762. The van der Waals surface area contributed by atoms with Crippen LogP contribution in [0.3, 0.4) is 0 Å². The number of benzene rings is 2. The third-order valence-corrected chi connectivity index (χ3v) is 5.04. The Bertz CT molecular complexity index is 802. The molecule has 1 aliphatic rings. The third-order valence-electron chi connectivity index (χ3n) is 4.64. The highest BCUT2D eigenvalue weighted by molar-refractivity contribution is 6.31. The van der Waals surface area contributed by atoms with Gasteiger partial charge in [0, 0.05) is 43.0 Å². The summed E-state index contributed by atoms with van der Waals surface area (Å²) in [4.78, 5) is 16.6. The predicted molar refractivity (Wildman–Crippen MR) is 107 cm³/mol. The van der Waals surface area contributed by atoms with E-state index in [-0.39, 0.29) is 6.03 Å². The van der Waals surface area contributed by atoms with E-state index < -0.39 is 0 Å². The molecule has 0 aliphatic carbocycles. The molecule has 1 aliphatic heterocycles. The Morgan fingerprint density at radius 1 is 1.12 bits per heavy atom. The molecular weight excluding hydrogens is 350 g/mol. The van der Waals surface area contributed by atoms with Gasteiger partial charge < -0.3 is 19.9 Å². The SMILES string of the molecule is COc1cc(Cl)c(C)cc1N1CCN(C(=O)Nc2cccc(C)c2)CC1. The molecule has 0 saturated carbocycles. The Hall–Kier alpha value is -2.40. The van der Waals surface area contributed by atoms with Crippen molar-refractivity contribution >= 4 is 29.0 Å². The highest BCUT2D eigenvalue weighted by Crippen LogP contribution is 2.34. The van der Waals surface area contributed by atoms with Crippen molar-refractivity contribution in [2.75, 3.05) is 43.5 Å². The Balaban J connectivity index is 1.64. The quantitative estimate of drug-likeness (QED) is 0.871. The minimum absolute atomic E-state index is 0.0606. The van der Waals surface area contributed by atoms with Crippen LogP contribution in [-0.4, -0.2) is 44.2 Å². The first-order chi connectivity index (χ1) is 12.5. The number of hydrogen-bond acceptors (Lipinski definition) is 3. The molecule has 0 unspecified atom stereocenters. The number of amides is 2. The van der Waals surface area contributed by atoms with E-state index in [2.05, 4.69) is 10.2 Å². The van der Waals surface area contributed by atoms with Gasteiger partial charge in [0.1, 0.15) is 5.75 Å². The van der Waals surface area contributed by atoms with Crippen molar-refractivity contribution in [3.63, 3.8) is 0 Å². The molecule has 3 rings (SSSR count). The van der Waals surface area contributed by atoms with Crippen LogP contribution in [0.2, 0.25) is 5.02 Å². The predicted octanol–water partition coefficient (Wildman–Crippen LogP) is 4.32. The van der Waals surface area contributed by atoms with E-state index in [0.717, 1.165) is 41.3 Å². The average molecular weight is 374 g/mol. The number of ether oxygens (including phenoxy) is 1. The maximum Gasteiger partial charge on any atom is 0.321 e. The first-order valence-corrected chi connectivity index (χ1v) is 9.07. The maximum atomic E-state index is 12.5. The van der Waals surface area contributed by atoms with Crippen LogP contribution in [-0.2, 0) is 0 Å². The van der Waals surface area contributed by atoms with Crippen LogP contribution < -0.4 is 15.0 Å². The second-order valence-corrected chi connectivity index (χ2v) is 6.95. The Labute approximate surface area is 159 Å². The molecule has 6 heteroatoms. The molecule has 138 valence electrons. The van der Waals surface area contributed by atoms with Gasteiger partial charge in [-0.25, -0.2) is 4.79 Å². The fourth-order valence-corrected chi connectivity index (χ4v) is 3.29. The molecule has 1 saturated heterocycles. The summed E-state index contributed by atoms with van der Waals surface area (Å²) in [5, 5.41) is 3.67. The molecule has 1 fully saturated rings. The first kappa shape index (κ1) is 18.4. The summed E-state index contributed by atoms with van der Waals surface area (Å²) < 4.78 is 5.48. The van der Waals surface area contributed by atoms with Crippen molar-refractivity contribution in [1.82, 2.24) is 4.90 Å². The van der Waals surface area contributed by atoms with Crippen LogP contribution in [0.15, 0.2) is 36.4 Å². The van der Waals surface area contributed by atoms with E-state index in [1.54, 1.807) is 7.11 Å². The number of piperazine rings is 1. The van der Waals surface area contributed by atoms with E-state index in [0.29, 0.717) is 18.1 Å². The first-order valence-electron chi connectivity index (χ1n) is 8.69. The molecule has 0 aromatic heterocycles. The van der Waals surface area contributed by atoms with E-state index in [1.165, 1.54) is 0 Å². The van der Waals surface area contributed by atoms with Crippen molar-refractivity contribution in [2.45, 2.75) is 13.8 Å². The number of aryl methyl sites for hydroxylation is 2. The van der Waals surface area contributed by atoms with Crippen molar-refractivity contribution in [1.29, 1.82) is 0 Å². The van der Waals surface area contributed by atoms with Crippen molar-refractivity contribution in [3.8, 4) is 5.75 Å². The van der Waals surface area contributed by atoms with E-state index in [9.17, 15) is 4.79 Å². The summed E-state index contributed by atoms with van der Waals surface area (Å²) >= 11 is 6.20. The van der Waals surface area contributed by atoms with Gasteiger partial charge in [0.25, 0.3) is 0 Å². The van der Waals surface area contributed by atoms with Gasteiger partial charge in [-0.05, 0) is 43.2 Å². The standard InChI is InChI=1S/C20H24ClN3O2/c1-14-5-4-6-16(11-14)22-20(25)24-9-7-23(8-10-24)18-12-15(2)17(21)13-19(18)26-3/h4-6,11-13H,7-10H2,1-3H3,(H,22,25). The van der Waals surface area contributed by atoms with Crippen LogP contribution >= 0.6 is 11.6 Å². The van der Waals surface area contributed by atoms with Gasteiger partial charge in [0.15, 0.2) is 0 Å². The van der Waals surface area contributed by atoms with E-state index in [4.69, 9.17) is 16.3 Å². The van der Waals surface area contributed by atoms with Crippen molar-refractivity contribution in [3.05, 3.63) is 52.5 Å². The largest absolute Gasteiger partial charge is 0.495 e. The summed E-state index contributed by atoms with van der Waals surface area (Å²) in [6, 6.07) is 11.7.